The lowest BCUT2D eigenvalue weighted by Crippen LogP contribution is -2.35. The van der Waals surface area contributed by atoms with E-state index in [1.165, 1.54) is 51.4 Å². The van der Waals surface area contributed by atoms with Crippen LogP contribution in [0.1, 0.15) is 77.7 Å². The van der Waals surface area contributed by atoms with Gasteiger partial charge in [-0.3, -0.25) is 4.79 Å². The fourth-order valence-corrected chi connectivity index (χ4v) is 4.55. The molecule has 0 amide bonds. The van der Waals surface area contributed by atoms with Gasteiger partial charge in [0.15, 0.2) is 0 Å². The number of thioether (sulfide) groups is 1. The highest BCUT2D eigenvalue weighted by atomic mass is 32.2. The van der Waals surface area contributed by atoms with Crippen molar-refractivity contribution in [2.24, 2.45) is 5.92 Å². The fourth-order valence-electron chi connectivity index (χ4n) is 3.21. The van der Waals surface area contributed by atoms with Crippen LogP contribution in [0.5, 0.6) is 0 Å². The van der Waals surface area contributed by atoms with Crippen molar-refractivity contribution in [3.63, 3.8) is 0 Å². The molecule has 2 nitrogen and oxygen atoms in total. The number of carboxylic acid groups (broad SMARTS) is 1. The molecule has 0 saturated carbocycles. The van der Waals surface area contributed by atoms with Crippen molar-refractivity contribution in [2.75, 3.05) is 11.5 Å². The van der Waals surface area contributed by atoms with Crippen LogP contribution in [0.4, 0.5) is 0 Å². The number of carboxylic acids is 1. The highest BCUT2D eigenvalue weighted by Crippen LogP contribution is 2.30. The van der Waals surface area contributed by atoms with Crippen molar-refractivity contribution in [3.05, 3.63) is 35.9 Å². The van der Waals surface area contributed by atoms with E-state index in [2.05, 4.69) is 13.8 Å². The average molecular weight is 365 g/mol. The molecule has 2 atom stereocenters. The predicted octanol–water partition coefficient (Wildman–Crippen LogP) is 6.54. The van der Waals surface area contributed by atoms with Gasteiger partial charge in [-0.2, -0.15) is 11.8 Å². The average Bonchev–Trinajstić information content (AvgIpc) is 2.63. The Hall–Kier alpha value is -0.960. The lowest BCUT2D eigenvalue weighted by atomic mass is 9.85. The van der Waals surface area contributed by atoms with Crippen LogP contribution in [-0.2, 0) is 10.2 Å². The Bertz CT molecular complexity index is 474. The maximum Gasteiger partial charge on any atom is 0.314 e. The van der Waals surface area contributed by atoms with E-state index in [9.17, 15) is 9.90 Å². The van der Waals surface area contributed by atoms with Crippen molar-refractivity contribution >= 4 is 17.7 Å². The van der Waals surface area contributed by atoms with Gasteiger partial charge in [0.2, 0.25) is 0 Å². The van der Waals surface area contributed by atoms with E-state index >= 15 is 0 Å². The van der Waals surface area contributed by atoms with E-state index in [-0.39, 0.29) is 0 Å². The molecular weight excluding hydrogens is 328 g/mol. The molecule has 0 aromatic heterocycles. The number of rotatable bonds is 14. The van der Waals surface area contributed by atoms with E-state index in [0.29, 0.717) is 5.75 Å². The fraction of sp³-hybridized carbons (Fsp3) is 0.682. The number of hydrogen-bond donors (Lipinski definition) is 1. The monoisotopic (exact) mass is 364 g/mol. The van der Waals surface area contributed by atoms with Crippen molar-refractivity contribution in [1.82, 2.24) is 0 Å². The molecule has 0 radical (unpaired) electrons. The minimum absolute atomic E-state index is 0.641. The molecule has 1 N–H and O–H groups in total. The van der Waals surface area contributed by atoms with E-state index in [0.717, 1.165) is 17.2 Å². The second-order valence-corrected chi connectivity index (χ2v) is 8.45. The van der Waals surface area contributed by atoms with Gasteiger partial charge in [0.05, 0.1) is 5.41 Å². The first kappa shape index (κ1) is 22.1. The third kappa shape index (κ3) is 7.85. The van der Waals surface area contributed by atoms with E-state index < -0.39 is 11.4 Å². The molecule has 3 heteroatoms. The zero-order valence-electron chi connectivity index (χ0n) is 16.3. The summed E-state index contributed by atoms with van der Waals surface area (Å²) in [6.45, 7) is 6.37. The highest BCUT2D eigenvalue weighted by molar-refractivity contribution is 7.99. The second-order valence-electron chi connectivity index (χ2n) is 7.35. The number of unbranched alkanes of at least 4 members (excludes halogenated alkanes) is 3. The SMILES string of the molecule is CCCCCC(CCCC)CCSCC(C)(C(=O)O)c1ccccc1. The molecule has 2 unspecified atom stereocenters. The normalized spacial score (nSPS) is 14.8. The van der Waals surface area contributed by atoms with E-state index in [1.807, 2.05) is 37.3 Å². The molecule has 1 aromatic carbocycles. The van der Waals surface area contributed by atoms with Crippen LogP contribution >= 0.6 is 11.8 Å². The van der Waals surface area contributed by atoms with E-state index in [4.69, 9.17) is 0 Å². The maximum absolute atomic E-state index is 11.9. The first-order valence-corrected chi connectivity index (χ1v) is 11.1. The molecule has 0 heterocycles. The summed E-state index contributed by atoms with van der Waals surface area (Å²) in [5.74, 6) is 1.79. The van der Waals surface area contributed by atoms with Gasteiger partial charge in [0.25, 0.3) is 0 Å². The Kier molecular flexibility index (Phi) is 11.0. The third-order valence-corrected chi connectivity index (χ3v) is 6.43. The van der Waals surface area contributed by atoms with Crippen molar-refractivity contribution < 1.29 is 9.90 Å². The smallest absolute Gasteiger partial charge is 0.314 e. The van der Waals surface area contributed by atoms with Crippen LogP contribution in [0.25, 0.3) is 0 Å². The molecule has 0 spiro atoms. The summed E-state index contributed by atoms with van der Waals surface area (Å²) in [5.41, 5.74) is 0.105. The standard InChI is InChI=1S/C22H36O2S/c1-4-6-9-13-19(12-7-5-2)16-17-25-18-22(3,21(23)24)20-14-10-8-11-15-20/h8,10-11,14-15,19H,4-7,9,12-13,16-18H2,1-3H3,(H,23,24). The molecular formula is C22H36O2S. The summed E-state index contributed by atoms with van der Waals surface area (Å²) in [6, 6.07) is 9.66. The number of aliphatic carboxylic acids is 1. The summed E-state index contributed by atoms with van der Waals surface area (Å²) in [4.78, 5) is 11.9. The van der Waals surface area contributed by atoms with Crippen LogP contribution in [0.15, 0.2) is 30.3 Å². The summed E-state index contributed by atoms with van der Waals surface area (Å²) >= 11 is 1.80. The lowest BCUT2D eigenvalue weighted by molar-refractivity contribution is -0.142. The number of hydrogen-bond acceptors (Lipinski definition) is 2. The van der Waals surface area contributed by atoms with E-state index in [1.54, 1.807) is 11.8 Å². The molecule has 0 aliphatic heterocycles. The topological polar surface area (TPSA) is 37.3 Å². The second kappa shape index (κ2) is 12.4. The Morgan fingerprint density at radius 1 is 1.04 bits per heavy atom. The van der Waals surface area contributed by atoms with Crippen LogP contribution in [-0.4, -0.2) is 22.6 Å². The quantitative estimate of drug-likeness (QED) is 0.381. The Morgan fingerprint density at radius 3 is 2.28 bits per heavy atom. The molecule has 0 aliphatic rings. The predicted molar refractivity (Wildman–Crippen MR) is 111 cm³/mol. The van der Waals surface area contributed by atoms with Crippen molar-refractivity contribution in [1.29, 1.82) is 0 Å². The summed E-state index contributed by atoms with van der Waals surface area (Å²) < 4.78 is 0. The van der Waals surface area contributed by atoms with Gasteiger partial charge in [-0.05, 0) is 30.6 Å². The maximum atomic E-state index is 11.9. The van der Waals surface area contributed by atoms with Gasteiger partial charge in [0.1, 0.15) is 0 Å². The minimum Gasteiger partial charge on any atom is -0.481 e. The van der Waals surface area contributed by atoms with Crippen molar-refractivity contribution in [3.8, 4) is 0 Å². The largest absolute Gasteiger partial charge is 0.481 e. The lowest BCUT2D eigenvalue weighted by Gasteiger charge is -2.25. The van der Waals surface area contributed by atoms with Gasteiger partial charge in [0, 0.05) is 5.75 Å². The summed E-state index contributed by atoms with van der Waals surface area (Å²) in [6.07, 6.45) is 10.4. The Balaban J connectivity index is 2.49. The summed E-state index contributed by atoms with van der Waals surface area (Å²) in [5, 5.41) is 9.74. The van der Waals surface area contributed by atoms with Gasteiger partial charge >= 0.3 is 5.97 Å². The summed E-state index contributed by atoms with van der Waals surface area (Å²) in [7, 11) is 0. The molecule has 25 heavy (non-hydrogen) atoms. The van der Waals surface area contributed by atoms with Gasteiger partial charge in [-0.1, -0.05) is 89.1 Å². The zero-order valence-corrected chi connectivity index (χ0v) is 17.1. The molecule has 0 bridgehead atoms. The first-order valence-electron chi connectivity index (χ1n) is 9.91. The minimum atomic E-state index is -0.799. The molecule has 0 fully saturated rings. The van der Waals surface area contributed by atoms with Crippen LogP contribution in [0.3, 0.4) is 0 Å². The van der Waals surface area contributed by atoms with Crippen LogP contribution < -0.4 is 0 Å². The highest BCUT2D eigenvalue weighted by Gasteiger charge is 2.34. The van der Waals surface area contributed by atoms with Crippen LogP contribution in [0.2, 0.25) is 0 Å². The molecule has 1 aromatic rings. The Labute approximate surface area is 158 Å². The molecule has 1 rings (SSSR count). The molecule has 0 saturated heterocycles. The van der Waals surface area contributed by atoms with Crippen LogP contribution in [0, 0.1) is 5.92 Å². The third-order valence-electron chi connectivity index (χ3n) is 5.13. The molecule has 142 valence electrons. The van der Waals surface area contributed by atoms with Gasteiger partial charge in [-0.15, -0.1) is 0 Å². The zero-order chi connectivity index (χ0) is 18.5. The number of carbonyl (C=O) groups is 1. The van der Waals surface area contributed by atoms with Gasteiger partial charge in [-0.25, -0.2) is 0 Å². The Morgan fingerprint density at radius 2 is 1.68 bits per heavy atom. The number of benzene rings is 1. The van der Waals surface area contributed by atoms with Crippen molar-refractivity contribution in [2.45, 2.75) is 77.6 Å². The van der Waals surface area contributed by atoms with Gasteiger partial charge < -0.3 is 5.11 Å². The molecule has 0 aliphatic carbocycles. The first-order chi connectivity index (χ1) is 12.0.